The molecule has 1 amide bonds. The second kappa shape index (κ2) is 7.34. The van der Waals surface area contributed by atoms with Gasteiger partial charge >= 0.3 is 0 Å². The molecule has 23 heavy (non-hydrogen) atoms. The molecule has 0 radical (unpaired) electrons. The molecule has 2 aromatic carbocycles. The van der Waals surface area contributed by atoms with E-state index in [9.17, 15) is 4.79 Å². The summed E-state index contributed by atoms with van der Waals surface area (Å²) < 4.78 is 6.32. The van der Waals surface area contributed by atoms with Gasteiger partial charge in [-0.15, -0.1) is 0 Å². The van der Waals surface area contributed by atoms with Gasteiger partial charge in [0.1, 0.15) is 0 Å². The molecule has 1 aliphatic rings. The monoisotopic (exact) mass is 394 g/mol. The van der Waals surface area contributed by atoms with E-state index in [0.717, 1.165) is 42.2 Å². The molecule has 1 heterocycles. The Labute approximate surface area is 148 Å². The van der Waals surface area contributed by atoms with Crippen molar-refractivity contribution in [2.45, 2.75) is 0 Å². The topological polar surface area (TPSA) is 41.6 Å². The van der Waals surface area contributed by atoms with E-state index < -0.39 is 0 Å². The van der Waals surface area contributed by atoms with Gasteiger partial charge in [-0.2, -0.15) is 0 Å². The van der Waals surface area contributed by atoms with E-state index in [4.69, 9.17) is 16.3 Å². The van der Waals surface area contributed by atoms with Crippen LogP contribution < -0.4 is 10.2 Å². The summed E-state index contributed by atoms with van der Waals surface area (Å²) in [5, 5.41) is 3.50. The zero-order valence-corrected chi connectivity index (χ0v) is 14.7. The van der Waals surface area contributed by atoms with Crippen molar-refractivity contribution >= 4 is 44.8 Å². The molecular weight excluding hydrogens is 380 g/mol. The molecule has 0 aliphatic carbocycles. The highest BCUT2D eigenvalue weighted by atomic mass is 79.9. The van der Waals surface area contributed by atoms with Crippen LogP contribution in [-0.4, -0.2) is 32.2 Å². The molecule has 1 saturated heterocycles. The lowest BCUT2D eigenvalue weighted by molar-refractivity contribution is 0.102. The van der Waals surface area contributed by atoms with Gasteiger partial charge in [0.15, 0.2) is 0 Å². The van der Waals surface area contributed by atoms with Gasteiger partial charge in [0.2, 0.25) is 0 Å². The number of carbonyl (C=O) groups excluding carboxylic acids is 1. The summed E-state index contributed by atoms with van der Waals surface area (Å²) in [6, 6.07) is 12.6. The number of ether oxygens (including phenoxy) is 1. The molecule has 2 aromatic rings. The maximum atomic E-state index is 12.2. The van der Waals surface area contributed by atoms with E-state index >= 15 is 0 Å². The molecule has 0 unspecified atom stereocenters. The molecule has 1 N–H and O–H groups in total. The highest BCUT2D eigenvalue weighted by Crippen LogP contribution is 2.30. The predicted molar refractivity (Wildman–Crippen MR) is 96.6 cm³/mol. The van der Waals surface area contributed by atoms with Crippen molar-refractivity contribution in [2.75, 3.05) is 36.5 Å². The molecule has 0 aromatic heterocycles. The van der Waals surface area contributed by atoms with Crippen molar-refractivity contribution in [1.29, 1.82) is 0 Å². The number of halogens is 2. The second-order valence-electron chi connectivity index (χ2n) is 5.23. The summed E-state index contributed by atoms with van der Waals surface area (Å²) in [6.07, 6.45) is 0. The fraction of sp³-hybridized carbons (Fsp3) is 0.235. The van der Waals surface area contributed by atoms with Crippen LogP contribution in [0.2, 0.25) is 5.02 Å². The Morgan fingerprint density at radius 2 is 1.83 bits per heavy atom. The standard InChI is InChI=1S/C17H16BrClN2O2/c18-15-11-14(5-6-16(15)21-7-9-23-10-8-21)20-17(22)12-1-3-13(19)4-2-12/h1-6,11H,7-10H2,(H,20,22). The fourth-order valence-electron chi connectivity index (χ4n) is 2.45. The van der Waals surface area contributed by atoms with Gasteiger partial charge in [-0.1, -0.05) is 11.6 Å². The van der Waals surface area contributed by atoms with Crippen LogP contribution in [0.25, 0.3) is 0 Å². The number of nitrogens with one attached hydrogen (secondary N) is 1. The summed E-state index contributed by atoms with van der Waals surface area (Å²) in [5.74, 6) is -0.160. The van der Waals surface area contributed by atoms with Crippen molar-refractivity contribution in [3.05, 3.63) is 57.5 Å². The Morgan fingerprint density at radius 1 is 1.13 bits per heavy atom. The van der Waals surface area contributed by atoms with E-state index in [1.54, 1.807) is 24.3 Å². The summed E-state index contributed by atoms with van der Waals surface area (Å²) in [5.41, 5.74) is 2.43. The van der Waals surface area contributed by atoms with Gasteiger partial charge in [-0.05, 0) is 58.4 Å². The number of amides is 1. The van der Waals surface area contributed by atoms with E-state index in [1.165, 1.54) is 0 Å². The third-order valence-corrected chi connectivity index (χ3v) is 4.55. The van der Waals surface area contributed by atoms with Crippen LogP contribution in [0.3, 0.4) is 0 Å². The first-order valence-corrected chi connectivity index (χ1v) is 8.50. The summed E-state index contributed by atoms with van der Waals surface area (Å²) in [6.45, 7) is 3.22. The van der Waals surface area contributed by atoms with Gasteiger partial charge in [0, 0.05) is 33.8 Å². The van der Waals surface area contributed by atoms with Crippen LogP contribution in [0, 0.1) is 0 Å². The number of nitrogens with zero attached hydrogens (tertiary/aromatic N) is 1. The molecule has 120 valence electrons. The van der Waals surface area contributed by atoms with E-state index in [1.807, 2.05) is 18.2 Å². The Hall–Kier alpha value is -1.56. The minimum Gasteiger partial charge on any atom is -0.378 e. The predicted octanol–water partition coefficient (Wildman–Crippen LogP) is 4.19. The zero-order valence-electron chi connectivity index (χ0n) is 12.4. The van der Waals surface area contributed by atoms with E-state index in [2.05, 4.69) is 26.1 Å². The van der Waals surface area contributed by atoms with Crippen molar-refractivity contribution in [2.24, 2.45) is 0 Å². The normalized spacial score (nSPS) is 14.6. The molecule has 4 nitrogen and oxygen atoms in total. The fourth-order valence-corrected chi connectivity index (χ4v) is 3.21. The third kappa shape index (κ3) is 4.05. The maximum absolute atomic E-state index is 12.2. The summed E-state index contributed by atoms with van der Waals surface area (Å²) >= 11 is 9.42. The summed E-state index contributed by atoms with van der Waals surface area (Å²) in [4.78, 5) is 14.5. The van der Waals surface area contributed by atoms with Crippen molar-refractivity contribution in [3.8, 4) is 0 Å². The highest BCUT2D eigenvalue weighted by molar-refractivity contribution is 9.10. The van der Waals surface area contributed by atoms with Crippen molar-refractivity contribution in [3.63, 3.8) is 0 Å². The minimum absolute atomic E-state index is 0.160. The molecule has 1 fully saturated rings. The Kier molecular flexibility index (Phi) is 5.20. The smallest absolute Gasteiger partial charge is 0.255 e. The molecule has 3 rings (SSSR count). The first-order chi connectivity index (χ1) is 11.1. The van der Waals surface area contributed by atoms with Crippen LogP contribution in [-0.2, 0) is 4.74 Å². The Morgan fingerprint density at radius 3 is 2.48 bits per heavy atom. The summed E-state index contributed by atoms with van der Waals surface area (Å²) in [7, 11) is 0. The van der Waals surface area contributed by atoms with Gasteiger partial charge in [0.25, 0.3) is 5.91 Å². The molecule has 0 spiro atoms. The first kappa shape index (κ1) is 16.3. The lowest BCUT2D eigenvalue weighted by Gasteiger charge is -2.29. The molecule has 1 aliphatic heterocycles. The van der Waals surface area contributed by atoms with Crippen LogP contribution in [0.15, 0.2) is 46.9 Å². The van der Waals surface area contributed by atoms with Gasteiger partial charge < -0.3 is 15.0 Å². The second-order valence-corrected chi connectivity index (χ2v) is 6.52. The Balaban J connectivity index is 1.72. The van der Waals surface area contributed by atoms with Gasteiger partial charge in [-0.3, -0.25) is 4.79 Å². The van der Waals surface area contributed by atoms with Gasteiger partial charge in [-0.25, -0.2) is 0 Å². The molecule has 6 heteroatoms. The zero-order chi connectivity index (χ0) is 16.2. The van der Waals surface area contributed by atoms with Crippen LogP contribution in [0.4, 0.5) is 11.4 Å². The SMILES string of the molecule is O=C(Nc1ccc(N2CCOCC2)c(Br)c1)c1ccc(Cl)cc1. The molecular formula is C17H16BrClN2O2. The number of hydrogen-bond acceptors (Lipinski definition) is 3. The van der Waals surface area contributed by atoms with Gasteiger partial charge in [0.05, 0.1) is 18.9 Å². The number of rotatable bonds is 3. The van der Waals surface area contributed by atoms with Crippen LogP contribution >= 0.6 is 27.5 Å². The maximum Gasteiger partial charge on any atom is 0.255 e. The average molecular weight is 396 g/mol. The lowest BCUT2D eigenvalue weighted by Crippen LogP contribution is -2.36. The lowest BCUT2D eigenvalue weighted by atomic mass is 10.2. The highest BCUT2D eigenvalue weighted by Gasteiger charge is 2.14. The average Bonchev–Trinajstić information content (AvgIpc) is 2.56. The van der Waals surface area contributed by atoms with Crippen LogP contribution in [0.5, 0.6) is 0 Å². The molecule has 0 atom stereocenters. The minimum atomic E-state index is -0.160. The number of hydrogen-bond donors (Lipinski definition) is 1. The third-order valence-electron chi connectivity index (χ3n) is 3.66. The largest absolute Gasteiger partial charge is 0.378 e. The Bertz CT molecular complexity index is 700. The molecule has 0 bridgehead atoms. The van der Waals surface area contributed by atoms with Crippen molar-refractivity contribution < 1.29 is 9.53 Å². The van der Waals surface area contributed by atoms with E-state index in [-0.39, 0.29) is 5.91 Å². The van der Waals surface area contributed by atoms with Crippen LogP contribution in [0.1, 0.15) is 10.4 Å². The number of benzene rings is 2. The van der Waals surface area contributed by atoms with Crippen molar-refractivity contribution in [1.82, 2.24) is 0 Å². The number of carbonyl (C=O) groups is 1. The first-order valence-electron chi connectivity index (χ1n) is 7.32. The molecule has 0 saturated carbocycles. The quantitative estimate of drug-likeness (QED) is 0.847. The number of anilines is 2. The number of morpholine rings is 1. The van der Waals surface area contributed by atoms with E-state index in [0.29, 0.717) is 10.6 Å².